The number of anilines is 1. The minimum atomic E-state index is -0.0250. The molecule has 0 aliphatic carbocycles. The number of halogens is 1. The first-order valence-electron chi connectivity index (χ1n) is 6.31. The van der Waals surface area contributed by atoms with E-state index in [-0.39, 0.29) is 5.91 Å². The highest BCUT2D eigenvalue weighted by Gasteiger charge is 2.07. The summed E-state index contributed by atoms with van der Waals surface area (Å²) in [5.41, 5.74) is 1.13. The van der Waals surface area contributed by atoms with Gasteiger partial charge in [-0.05, 0) is 24.7 Å². The molecule has 0 saturated carbocycles. The molecule has 0 fully saturated rings. The molecule has 0 saturated heterocycles. The predicted octanol–water partition coefficient (Wildman–Crippen LogP) is 2.94. The SMILES string of the molecule is CNCCC(=O)Nc1ncc(Cc2cccc(Cl)c2)s1. The number of benzene rings is 1. The molecule has 0 bridgehead atoms. The predicted molar refractivity (Wildman–Crippen MR) is 83.5 cm³/mol. The number of nitrogens with one attached hydrogen (secondary N) is 2. The van der Waals surface area contributed by atoms with Crippen LogP contribution in [0.5, 0.6) is 0 Å². The lowest BCUT2D eigenvalue weighted by Gasteiger charge is -2.00. The maximum Gasteiger partial charge on any atom is 0.227 e. The first-order valence-corrected chi connectivity index (χ1v) is 7.50. The fraction of sp³-hybridized carbons (Fsp3) is 0.286. The van der Waals surface area contributed by atoms with E-state index >= 15 is 0 Å². The van der Waals surface area contributed by atoms with Crippen LogP contribution in [0.4, 0.5) is 5.13 Å². The molecule has 1 heterocycles. The molecule has 106 valence electrons. The average molecular weight is 310 g/mol. The van der Waals surface area contributed by atoms with Crippen molar-refractivity contribution in [1.82, 2.24) is 10.3 Å². The summed E-state index contributed by atoms with van der Waals surface area (Å²) >= 11 is 7.45. The number of hydrogen-bond acceptors (Lipinski definition) is 4. The van der Waals surface area contributed by atoms with Gasteiger partial charge in [-0.1, -0.05) is 23.7 Å². The zero-order valence-corrected chi connectivity index (χ0v) is 12.7. The zero-order chi connectivity index (χ0) is 14.4. The van der Waals surface area contributed by atoms with E-state index in [1.165, 1.54) is 11.3 Å². The number of nitrogens with zero attached hydrogens (tertiary/aromatic N) is 1. The van der Waals surface area contributed by atoms with Gasteiger partial charge in [0.05, 0.1) is 0 Å². The molecule has 1 amide bonds. The van der Waals surface area contributed by atoms with E-state index in [9.17, 15) is 4.79 Å². The van der Waals surface area contributed by atoms with Crippen LogP contribution in [0.15, 0.2) is 30.5 Å². The monoisotopic (exact) mass is 309 g/mol. The van der Waals surface area contributed by atoms with E-state index in [1.807, 2.05) is 31.3 Å². The second-order valence-electron chi connectivity index (χ2n) is 4.34. The molecule has 2 rings (SSSR count). The van der Waals surface area contributed by atoms with Crippen molar-refractivity contribution in [3.05, 3.63) is 45.9 Å². The van der Waals surface area contributed by atoms with Crippen molar-refractivity contribution in [2.45, 2.75) is 12.8 Å². The summed E-state index contributed by atoms with van der Waals surface area (Å²) in [5.74, 6) is -0.0250. The Hall–Kier alpha value is -1.43. The van der Waals surface area contributed by atoms with E-state index in [4.69, 9.17) is 11.6 Å². The van der Waals surface area contributed by atoms with Crippen LogP contribution in [0.25, 0.3) is 0 Å². The number of carbonyl (C=O) groups excluding carboxylic acids is 1. The summed E-state index contributed by atoms with van der Waals surface area (Å²) in [4.78, 5) is 16.9. The number of hydrogen-bond donors (Lipinski definition) is 2. The van der Waals surface area contributed by atoms with Gasteiger partial charge in [0.25, 0.3) is 0 Å². The highest BCUT2D eigenvalue weighted by molar-refractivity contribution is 7.15. The Morgan fingerprint density at radius 3 is 3.05 bits per heavy atom. The molecule has 0 spiro atoms. The molecule has 20 heavy (non-hydrogen) atoms. The van der Waals surface area contributed by atoms with Gasteiger partial charge in [-0.2, -0.15) is 0 Å². The van der Waals surface area contributed by atoms with E-state index in [0.717, 1.165) is 21.9 Å². The molecule has 1 aromatic heterocycles. The Kier molecular flexibility index (Phi) is 5.52. The van der Waals surface area contributed by atoms with E-state index < -0.39 is 0 Å². The highest BCUT2D eigenvalue weighted by Crippen LogP contribution is 2.22. The van der Waals surface area contributed by atoms with Gasteiger partial charge in [-0.25, -0.2) is 4.98 Å². The Morgan fingerprint density at radius 1 is 1.45 bits per heavy atom. The smallest absolute Gasteiger partial charge is 0.227 e. The Balaban J connectivity index is 1.93. The van der Waals surface area contributed by atoms with E-state index in [2.05, 4.69) is 15.6 Å². The van der Waals surface area contributed by atoms with Gasteiger partial charge in [0, 0.05) is 35.5 Å². The van der Waals surface area contributed by atoms with Gasteiger partial charge in [-0.3, -0.25) is 4.79 Å². The third-order valence-electron chi connectivity index (χ3n) is 2.67. The molecule has 1 aromatic carbocycles. The molecular weight excluding hydrogens is 294 g/mol. The summed E-state index contributed by atoms with van der Waals surface area (Å²) in [6.45, 7) is 0.659. The molecule has 4 nitrogen and oxygen atoms in total. The van der Waals surface area contributed by atoms with Crippen molar-refractivity contribution in [2.75, 3.05) is 18.9 Å². The second-order valence-corrected chi connectivity index (χ2v) is 5.89. The van der Waals surface area contributed by atoms with Crippen LogP contribution in [0.3, 0.4) is 0 Å². The molecule has 0 unspecified atom stereocenters. The van der Waals surface area contributed by atoms with Gasteiger partial charge in [0.2, 0.25) is 5.91 Å². The normalized spacial score (nSPS) is 10.5. The topological polar surface area (TPSA) is 54.0 Å². The fourth-order valence-electron chi connectivity index (χ4n) is 1.72. The van der Waals surface area contributed by atoms with E-state index in [0.29, 0.717) is 18.1 Å². The lowest BCUT2D eigenvalue weighted by molar-refractivity contribution is -0.116. The lowest BCUT2D eigenvalue weighted by Crippen LogP contribution is -2.18. The van der Waals surface area contributed by atoms with Gasteiger partial charge >= 0.3 is 0 Å². The number of aromatic nitrogens is 1. The molecule has 0 radical (unpaired) electrons. The molecule has 0 aliphatic heterocycles. The maximum absolute atomic E-state index is 11.6. The maximum atomic E-state index is 11.6. The van der Waals surface area contributed by atoms with Crippen LogP contribution in [0.2, 0.25) is 5.02 Å². The zero-order valence-electron chi connectivity index (χ0n) is 11.1. The standard InChI is InChI=1S/C14H16ClN3OS/c1-16-6-5-13(19)18-14-17-9-12(20-14)8-10-3-2-4-11(15)7-10/h2-4,7,9,16H,5-6,8H2,1H3,(H,17,18,19). The Bertz CT molecular complexity index is 585. The Morgan fingerprint density at radius 2 is 2.30 bits per heavy atom. The lowest BCUT2D eigenvalue weighted by atomic mass is 10.1. The average Bonchev–Trinajstić information content (AvgIpc) is 2.83. The van der Waals surface area contributed by atoms with E-state index in [1.54, 1.807) is 6.20 Å². The van der Waals surface area contributed by atoms with Crippen LogP contribution in [0, 0.1) is 0 Å². The van der Waals surface area contributed by atoms with Crippen molar-refractivity contribution in [3.8, 4) is 0 Å². The fourth-order valence-corrected chi connectivity index (χ4v) is 2.79. The minimum Gasteiger partial charge on any atom is -0.319 e. The second kappa shape index (κ2) is 7.38. The molecule has 2 N–H and O–H groups in total. The summed E-state index contributed by atoms with van der Waals surface area (Å²) in [5, 5.41) is 7.10. The summed E-state index contributed by atoms with van der Waals surface area (Å²) in [6, 6.07) is 7.74. The summed E-state index contributed by atoms with van der Waals surface area (Å²) in [7, 11) is 1.82. The van der Waals surface area contributed by atoms with Gasteiger partial charge in [0.1, 0.15) is 0 Å². The summed E-state index contributed by atoms with van der Waals surface area (Å²) < 4.78 is 0. The largest absolute Gasteiger partial charge is 0.319 e. The third kappa shape index (κ3) is 4.59. The number of carbonyl (C=O) groups is 1. The van der Waals surface area contributed by atoms with Crippen LogP contribution in [0.1, 0.15) is 16.9 Å². The van der Waals surface area contributed by atoms with Crippen molar-refractivity contribution in [1.29, 1.82) is 0 Å². The van der Waals surface area contributed by atoms with Crippen LogP contribution >= 0.6 is 22.9 Å². The number of thiazole rings is 1. The number of rotatable bonds is 6. The highest BCUT2D eigenvalue weighted by atomic mass is 35.5. The minimum absolute atomic E-state index is 0.0250. The first kappa shape index (κ1) is 15.0. The van der Waals surface area contributed by atoms with Crippen LogP contribution in [-0.4, -0.2) is 24.5 Å². The van der Waals surface area contributed by atoms with Crippen molar-refractivity contribution in [2.24, 2.45) is 0 Å². The van der Waals surface area contributed by atoms with Crippen molar-refractivity contribution in [3.63, 3.8) is 0 Å². The number of amides is 1. The van der Waals surface area contributed by atoms with Gasteiger partial charge < -0.3 is 10.6 Å². The van der Waals surface area contributed by atoms with Gasteiger partial charge in [-0.15, -0.1) is 11.3 Å². The molecular formula is C14H16ClN3OS. The van der Waals surface area contributed by atoms with Crippen molar-refractivity contribution < 1.29 is 4.79 Å². The van der Waals surface area contributed by atoms with Crippen molar-refractivity contribution >= 4 is 34.0 Å². The van der Waals surface area contributed by atoms with Crippen LogP contribution in [-0.2, 0) is 11.2 Å². The molecule has 0 aliphatic rings. The van der Waals surface area contributed by atoms with Crippen LogP contribution < -0.4 is 10.6 Å². The quantitative estimate of drug-likeness (QED) is 0.862. The first-order chi connectivity index (χ1) is 9.67. The Labute approximate surface area is 127 Å². The summed E-state index contributed by atoms with van der Waals surface area (Å²) in [6.07, 6.45) is 3.00. The van der Waals surface area contributed by atoms with Gasteiger partial charge in [0.15, 0.2) is 5.13 Å². The third-order valence-corrected chi connectivity index (χ3v) is 3.82. The molecule has 0 atom stereocenters. The molecule has 6 heteroatoms. The molecule has 2 aromatic rings.